The van der Waals surface area contributed by atoms with Crippen LogP contribution in [0.4, 0.5) is 4.79 Å². The zero-order chi connectivity index (χ0) is 18.7. The first kappa shape index (κ1) is 18.1. The predicted molar refractivity (Wildman–Crippen MR) is 91.4 cm³/mol. The molecule has 0 radical (unpaired) electrons. The maximum absolute atomic E-state index is 12.3. The summed E-state index contributed by atoms with van der Waals surface area (Å²) in [5.74, 6) is 0.115. The largest absolute Gasteiger partial charge is 0.439 e. The van der Waals surface area contributed by atoms with Crippen LogP contribution in [-0.4, -0.2) is 37.9 Å². The van der Waals surface area contributed by atoms with Gasteiger partial charge in [0.1, 0.15) is 11.8 Å². The Kier molecular flexibility index (Phi) is 5.07. The van der Waals surface area contributed by atoms with Crippen molar-refractivity contribution < 1.29 is 22.7 Å². The Bertz CT molecular complexity index is 932. The van der Waals surface area contributed by atoms with Gasteiger partial charge in [-0.05, 0) is 30.3 Å². The third kappa shape index (κ3) is 4.28. The first-order valence-electron chi connectivity index (χ1n) is 7.34. The molecule has 0 bridgehead atoms. The summed E-state index contributed by atoms with van der Waals surface area (Å²) in [6.07, 6.45) is 1.43. The monoisotopic (exact) mass is 396 g/mol. The van der Waals surface area contributed by atoms with E-state index in [0.717, 1.165) is 0 Å². The van der Waals surface area contributed by atoms with E-state index in [1.807, 2.05) is 5.32 Å². The molecule has 136 valence electrons. The highest BCUT2D eigenvalue weighted by molar-refractivity contribution is 7.89. The van der Waals surface area contributed by atoms with E-state index in [0.29, 0.717) is 16.7 Å². The molecule has 1 atom stereocenters. The van der Waals surface area contributed by atoms with Crippen LogP contribution in [0.25, 0.3) is 0 Å². The van der Waals surface area contributed by atoms with Crippen LogP contribution in [0.5, 0.6) is 11.6 Å². The van der Waals surface area contributed by atoms with Crippen molar-refractivity contribution in [3.05, 3.63) is 47.6 Å². The molecule has 2 aromatic rings. The van der Waals surface area contributed by atoms with Gasteiger partial charge in [-0.25, -0.2) is 22.9 Å². The van der Waals surface area contributed by atoms with E-state index >= 15 is 0 Å². The lowest BCUT2D eigenvalue weighted by atomic mass is 10.3. The van der Waals surface area contributed by atoms with Gasteiger partial charge < -0.3 is 10.1 Å². The van der Waals surface area contributed by atoms with E-state index in [1.165, 1.54) is 30.5 Å². The molecule has 3 N–H and O–H groups in total. The van der Waals surface area contributed by atoms with Gasteiger partial charge in [-0.1, -0.05) is 11.6 Å². The molecule has 11 heteroatoms. The van der Waals surface area contributed by atoms with Gasteiger partial charge in [0.25, 0.3) is 5.91 Å². The number of urea groups is 1. The van der Waals surface area contributed by atoms with Gasteiger partial charge in [0, 0.05) is 18.8 Å². The van der Waals surface area contributed by atoms with E-state index in [1.54, 1.807) is 12.1 Å². The minimum Gasteiger partial charge on any atom is -0.439 e. The van der Waals surface area contributed by atoms with Gasteiger partial charge in [-0.2, -0.15) is 0 Å². The van der Waals surface area contributed by atoms with Gasteiger partial charge in [0.05, 0.1) is 9.92 Å². The maximum atomic E-state index is 12.3. The number of nitrogens with zero attached hydrogens (tertiary/aromatic N) is 1. The number of aromatic nitrogens is 1. The SMILES string of the molecule is O=C1NC(=O)C(CNS(=O)(=O)c2ccc(Oc3ccc(Cl)cn3)cc2)N1. The number of carbonyl (C=O) groups excluding carboxylic acids is 2. The lowest BCUT2D eigenvalue weighted by molar-refractivity contribution is -0.120. The van der Waals surface area contributed by atoms with Crippen LogP contribution in [0.3, 0.4) is 0 Å². The Morgan fingerprint density at radius 3 is 2.46 bits per heavy atom. The maximum Gasteiger partial charge on any atom is 0.322 e. The summed E-state index contributed by atoms with van der Waals surface area (Å²) in [7, 11) is -3.85. The van der Waals surface area contributed by atoms with E-state index < -0.39 is 28.0 Å². The number of sulfonamides is 1. The predicted octanol–water partition coefficient (Wildman–Crippen LogP) is 1.01. The van der Waals surface area contributed by atoms with Gasteiger partial charge in [0.15, 0.2) is 0 Å². The molecule has 0 saturated carbocycles. The van der Waals surface area contributed by atoms with Crippen molar-refractivity contribution in [1.29, 1.82) is 0 Å². The first-order valence-corrected chi connectivity index (χ1v) is 9.20. The van der Waals surface area contributed by atoms with E-state index in [9.17, 15) is 18.0 Å². The molecule has 1 aromatic heterocycles. The minimum absolute atomic E-state index is 0.0151. The summed E-state index contributed by atoms with van der Waals surface area (Å²) in [5, 5.41) is 4.80. The van der Waals surface area contributed by atoms with Gasteiger partial charge in [-0.3, -0.25) is 10.1 Å². The van der Waals surface area contributed by atoms with Gasteiger partial charge in [-0.15, -0.1) is 0 Å². The third-order valence-corrected chi connectivity index (χ3v) is 5.06. The second kappa shape index (κ2) is 7.28. The highest BCUT2D eigenvalue weighted by Crippen LogP contribution is 2.22. The molecule has 0 aliphatic carbocycles. The molecular formula is C15H13ClN4O5S. The van der Waals surface area contributed by atoms with Crippen molar-refractivity contribution in [2.24, 2.45) is 0 Å². The number of carbonyl (C=O) groups is 2. The lowest BCUT2D eigenvalue weighted by Gasteiger charge is -2.10. The van der Waals surface area contributed by atoms with Gasteiger partial charge in [0.2, 0.25) is 15.9 Å². The lowest BCUT2D eigenvalue weighted by Crippen LogP contribution is -2.41. The van der Waals surface area contributed by atoms with E-state index in [4.69, 9.17) is 16.3 Å². The number of hydrogen-bond acceptors (Lipinski definition) is 6. The normalized spacial score (nSPS) is 16.9. The zero-order valence-electron chi connectivity index (χ0n) is 13.1. The molecule has 1 fully saturated rings. The Hall–Kier alpha value is -2.69. The van der Waals surface area contributed by atoms with Crippen molar-refractivity contribution in [3.63, 3.8) is 0 Å². The Morgan fingerprint density at radius 2 is 1.88 bits per heavy atom. The standard InChI is InChI=1S/C15H13ClN4O5S/c16-9-1-6-13(17-7-9)25-10-2-4-11(5-3-10)26(23,24)18-8-12-14(21)20-15(22)19-12/h1-7,12,18H,8H2,(H2,19,20,21,22). The molecular weight excluding hydrogens is 384 g/mol. The van der Waals surface area contributed by atoms with Crippen LogP contribution < -0.4 is 20.1 Å². The number of rotatable bonds is 6. The van der Waals surface area contributed by atoms with Crippen LogP contribution >= 0.6 is 11.6 Å². The Balaban J connectivity index is 1.64. The average molecular weight is 397 g/mol. The number of benzene rings is 1. The van der Waals surface area contributed by atoms with Crippen molar-refractivity contribution in [3.8, 4) is 11.6 Å². The Morgan fingerprint density at radius 1 is 1.15 bits per heavy atom. The molecule has 3 rings (SSSR count). The summed E-state index contributed by atoms with van der Waals surface area (Å²) in [4.78, 5) is 26.4. The first-order chi connectivity index (χ1) is 12.3. The van der Waals surface area contributed by atoms with Crippen LogP contribution in [0.1, 0.15) is 0 Å². The number of ether oxygens (including phenoxy) is 1. The molecule has 1 aliphatic rings. The highest BCUT2D eigenvalue weighted by atomic mass is 35.5. The third-order valence-electron chi connectivity index (χ3n) is 3.39. The number of amides is 3. The van der Waals surface area contributed by atoms with Crippen LogP contribution in [0.15, 0.2) is 47.5 Å². The second-order valence-corrected chi connectivity index (χ2v) is 7.46. The number of imide groups is 1. The smallest absolute Gasteiger partial charge is 0.322 e. The summed E-state index contributed by atoms with van der Waals surface area (Å²) in [5.41, 5.74) is 0. The summed E-state index contributed by atoms with van der Waals surface area (Å²) < 4.78 is 32.3. The van der Waals surface area contributed by atoms with Crippen LogP contribution in [0.2, 0.25) is 5.02 Å². The van der Waals surface area contributed by atoms with E-state index in [-0.39, 0.29) is 11.4 Å². The fraction of sp³-hybridized carbons (Fsp3) is 0.133. The molecule has 1 unspecified atom stereocenters. The summed E-state index contributed by atoms with van der Waals surface area (Å²) in [6, 6.07) is 7.22. The van der Waals surface area contributed by atoms with Crippen LogP contribution in [0, 0.1) is 0 Å². The highest BCUT2D eigenvalue weighted by Gasteiger charge is 2.30. The topological polar surface area (TPSA) is 126 Å². The molecule has 2 heterocycles. The average Bonchev–Trinajstić information content (AvgIpc) is 2.93. The van der Waals surface area contributed by atoms with Gasteiger partial charge >= 0.3 is 6.03 Å². The van der Waals surface area contributed by atoms with Crippen LogP contribution in [-0.2, 0) is 14.8 Å². The summed E-state index contributed by atoms with van der Waals surface area (Å²) >= 11 is 5.74. The van der Waals surface area contributed by atoms with Crippen molar-refractivity contribution in [1.82, 2.24) is 20.3 Å². The van der Waals surface area contributed by atoms with Crippen molar-refractivity contribution in [2.45, 2.75) is 10.9 Å². The summed E-state index contributed by atoms with van der Waals surface area (Å²) in [6.45, 7) is -0.257. The second-order valence-electron chi connectivity index (χ2n) is 5.26. The molecule has 1 saturated heterocycles. The fourth-order valence-corrected chi connectivity index (χ4v) is 3.27. The molecule has 3 amide bonds. The van der Waals surface area contributed by atoms with Crippen molar-refractivity contribution in [2.75, 3.05) is 6.54 Å². The van der Waals surface area contributed by atoms with Crippen molar-refractivity contribution >= 4 is 33.6 Å². The molecule has 1 aromatic carbocycles. The number of pyridine rings is 1. The zero-order valence-corrected chi connectivity index (χ0v) is 14.7. The molecule has 9 nitrogen and oxygen atoms in total. The number of nitrogens with one attached hydrogen (secondary N) is 3. The fourth-order valence-electron chi connectivity index (χ4n) is 2.11. The molecule has 1 aliphatic heterocycles. The molecule has 0 spiro atoms. The Labute approximate surface area is 153 Å². The molecule has 26 heavy (non-hydrogen) atoms. The van der Waals surface area contributed by atoms with E-state index in [2.05, 4.69) is 15.0 Å². The minimum atomic E-state index is -3.85. The number of halogens is 1. The number of hydrogen-bond donors (Lipinski definition) is 3. The quantitative estimate of drug-likeness (QED) is 0.625.